The SMILES string of the molecule is CCCCCCC(C)NCc1ccsc1. The maximum atomic E-state index is 3.57. The van der Waals surface area contributed by atoms with Gasteiger partial charge in [0.2, 0.25) is 0 Å². The molecule has 1 unspecified atom stereocenters. The number of hydrogen-bond donors (Lipinski definition) is 1. The molecule has 15 heavy (non-hydrogen) atoms. The Balaban J connectivity index is 2.01. The highest BCUT2D eigenvalue weighted by Gasteiger charge is 2.01. The lowest BCUT2D eigenvalue weighted by molar-refractivity contribution is 0.483. The van der Waals surface area contributed by atoms with E-state index in [0.29, 0.717) is 6.04 Å². The van der Waals surface area contributed by atoms with Crippen LogP contribution < -0.4 is 5.32 Å². The lowest BCUT2D eigenvalue weighted by atomic mass is 10.1. The standard InChI is InChI=1S/C13H23NS/c1-3-4-5-6-7-12(2)14-10-13-8-9-15-11-13/h8-9,11-12,14H,3-7,10H2,1-2H3. The smallest absolute Gasteiger partial charge is 0.0216 e. The molecule has 1 N–H and O–H groups in total. The first-order chi connectivity index (χ1) is 7.33. The summed E-state index contributed by atoms with van der Waals surface area (Å²) in [5, 5.41) is 7.93. The third-order valence-electron chi connectivity index (χ3n) is 2.73. The zero-order valence-electron chi connectivity index (χ0n) is 9.96. The molecule has 1 nitrogen and oxygen atoms in total. The van der Waals surface area contributed by atoms with E-state index in [0.717, 1.165) is 6.54 Å². The van der Waals surface area contributed by atoms with Gasteiger partial charge in [0.25, 0.3) is 0 Å². The molecule has 0 aliphatic rings. The molecule has 1 atom stereocenters. The van der Waals surface area contributed by atoms with Crippen LogP contribution in [0.5, 0.6) is 0 Å². The molecular formula is C13H23NS. The van der Waals surface area contributed by atoms with Crippen LogP contribution in [0, 0.1) is 0 Å². The van der Waals surface area contributed by atoms with Crippen molar-refractivity contribution < 1.29 is 0 Å². The van der Waals surface area contributed by atoms with Crippen LogP contribution in [0.25, 0.3) is 0 Å². The molecule has 1 rings (SSSR count). The van der Waals surface area contributed by atoms with E-state index in [-0.39, 0.29) is 0 Å². The predicted molar refractivity (Wildman–Crippen MR) is 69.4 cm³/mol. The van der Waals surface area contributed by atoms with Crippen LogP contribution in [-0.2, 0) is 6.54 Å². The molecule has 0 aliphatic carbocycles. The summed E-state index contributed by atoms with van der Waals surface area (Å²) in [6.45, 7) is 5.58. The van der Waals surface area contributed by atoms with Gasteiger partial charge in [-0.05, 0) is 35.7 Å². The largest absolute Gasteiger partial charge is 0.310 e. The fourth-order valence-electron chi connectivity index (χ4n) is 1.66. The molecular weight excluding hydrogens is 202 g/mol. The number of thiophene rings is 1. The van der Waals surface area contributed by atoms with Crippen molar-refractivity contribution in [2.24, 2.45) is 0 Å². The van der Waals surface area contributed by atoms with Crippen molar-refractivity contribution in [1.82, 2.24) is 5.32 Å². The van der Waals surface area contributed by atoms with Crippen molar-refractivity contribution in [1.29, 1.82) is 0 Å². The van der Waals surface area contributed by atoms with Crippen molar-refractivity contribution in [3.05, 3.63) is 22.4 Å². The molecule has 0 spiro atoms. The average Bonchev–Trinajstić information content (AvgIpc) is 2.74. The van der Waals surface area contributed by atoms with Gasteiger partial charge in [0.1, 0.15) is 0 Å². The van der Waals surface area contributed by atoms with Gasteiger partial charge in [-0.2, -0.15) is 11.3 Å². The summed E-state index contributed by atoms with van der Waals surface area (Å²) < 4.78 is 0. The summed E-state index contributed by atoms with van der Waals surface area (Å²) in [4.78, 5) is 0. The van der Waals surface area contributed by atoms with Gasteiger partial charge in [-0.1, -0.05) is 32.6 Å². The second-order valence-electron chi connectivity index (χ2n) is 4.26. The van der Waals surface area contributed by atoms with Gasteiger partial charge >= 0.3 is 0 Å². The van der Waals surface area contributed by atoms with Gasteiger partial charge in [0, 0.05) is 12.6 Å². The molecule has 0 aliphatic heterocycles. The van der Waals surface area contributed by atoms with E-state index in [4.69, 9.17) is 0 Å². The minimum absolute atomic E-state index is 0.654. The lowest BCUT2D eigenvalue weighted by Crippen LogP contribution is -2.25. The Morgan fingerprint density at radius 1 is 1.33 bits per heavy atom. The quantitative estimate of drug-likeness (QED) is 0.654. The van der Waals surface area contributed by atoms with Crippen molar-refractivity contribution in [2.45, 2.75) is 58.5 Å². The molecule has 2 heteroatoms. The molecule has 0 bridgehead atoms. The first-order valence-corrected chi connectivity index (χ1v) is 7.01. The Morgan fingerprint density at radius 2 is 2.20 bits per heavy atom. The highest BCUT2D eigenvalue weighted by Crippen LogP contribution is 2.08. The van der Waals surface area contributed by atoms with Crippen molar-refractivity contribution in [3.8, 4) is 0 Å². The van der Waals surface area contributed by atoms with E-state index in [2.05, 4.69) is 36.0 Å². The van der Waals surface area contributed by atoms with E-state index >= 15 is 0 Å². The third kappa shape index (κ3) is 5.95. The van der Waals surface area contributed by atoms with Crippen LogP contribution in [0.1, 0.15) is 51.5 Å². The molecule has 86 valence electrons. The summed E-state index contributed by atoms with van der Waals surface area (Å²) in [5.74, 6) is 0. The Labute approximate surface area is 97.9 Å². The Hall–Kier alpha value is -0.340. The molecule has 1 aromatic rings. The number of rotatable bonds is 8. The normalized spacial score (nSPS) is 12.9. The molecule has 0 saturated heterocycles. The lowest BCUT2D eigenvalue weighted by Gasteiger charge is -2.12. The van der Waals surface area contributed by atoms with Gasteiger partial charge < -0.3 is 5.32 Å². The number of unbranched alkanes of at least 4 members (excludes halogenated alkanes) is 3. The first kappa shape index (κ1) is 12.7. The molecule has 0 radical (unpaired) electrons. The van der Waals surface area contributed by atoms with Crippen LogP contribution in [0.3, 0.4) is 0 Å². The Bertz CT molecular complexity index is 231. The van der Waals surface area contributed by atoms with Gasteiger partial charge in [-0.3, -0.25) is 0 Å². The van der Waals surface area contributed by atoms with E-state index in [1.165, 1.54) is 37.7 Å². The monoisotopic (exact) mass is 225 g/mol. The summed E-state index contributed by atoms with van der Waals surface area (Å²) >= 11 is 1.78. The van der Waals surface area contributed by atoms with Crippen LogP contribution in [0.4, 0.5) is 0 Å². The minimum Gasteiger partial charge on any atom is -0.310 e. The highest BCUT2D eigenvalue weighted by atomic mass is 32.1. The zero-order chi connectivity index (χ0) is 10.9. The third-order valence-corrected chi connectivity index (χ3v) is 3.46. The van der Waals surface area contributed by atoms with Crippen LogP contribution in [-0.4, -0.2) is 6.04 Å². The van der Waals surface area contributed by atoms with Crippen LogP contribution >= 0.6 is 11.3 Å². The van der Waals surface area contributed by atoms with Crippen molar-refractivity contribution in [3.63, 3.8) is 0 Å². The van der Waals surface area contributed by atoms with E-state index in [9.17, 15) is 0 Å². The van der Waals surface area contributed by atoms with Crippen molar-refractivity contribution in [2.75, 3.05) is 0 Å². The number of hydrogen-bond acceptors (Lipinski definition) is 2. The van der Waals surface area contributed by atoms with Crippen molar-refractivity contribution >= 4 is 11.3 Å². The summed E-state index contributed by atoms with van der Waals surface area (Å²) in [6, 6.07) is 2.85. The number of nitrogens with one attached hydrogen (secondary N) is 1. The Kier molecular flexibility index (Phi) is 6.69. The summed E-state index contributed by atoms with van der Waals surface area (Å²) in [7, 11) is 0. The maximum Gasteiger partial charge on any atom is 0.0216 e. The second-order valence-corrected chi connectivity index (χ2v) is 5.04. The zero-order valence-corrected chi connectivity index (χ0v) is 10.8. The first-order valence-electron chi connectivity index (χ1n) is 6.07. The average molecular weight is 225 g/mol. The maximum absolute atomic E-state index is 3.57. The molecule has 0 saturated carbocycles. The Morgan fingerprint density at radius 3 is 2.87 bits per heavy atom. The molecule has 1 heterocycles. The van der Waals surface area contributed by atoms with Crippen LogP contribution in [0.15, 0.2) is 16.8 Å². The topological polar surface area (TPSA) is 12.0 Å². The highest BCUT2D eigenvalue weighted by molar-refractivity contribution is 7.07. The van der Waals surface area contributed by atoms with E-state index in [1.54, 1.807) is 11.3 Å². The predicted octanol–water partition coefficient (Wildman–Crippen LogP) is 4.20. The summed E-state index contributed by atoms with van der Waals surface area (Å²) in [5.41, 5.74) is 1.42. The van der Waals surface area contributed by atoms with Gasteiger partial charge in [0.05, 0.1) is 0 Å². The summed E-state index contributed by atoms with van der Waals surface area (Å²) in [6.07, 6.45) is 6.78. The fourth-order valence-corrected chi connectivity index (χ4v) is 2.33. The molecule has 1 aromatic heterocycles. The second kappa shape index (κ2) is 7.89. The van der Waals surface area contributed by atoms with Gasteiger partial charge in [-0.25, -0.2) is 0 Å². The van der Waals surface area contributed by atoms with Gasteiger partial charge in [0.15, 0.2) is 0 Å². The van der Waals surface area contributed by atoms with E-state index in [1.807, 2.05) is 0 Å². The molecule has 0 aromatic carbocycles. The van der Waals surface area contributed by atoms with E-state index < -0.39 is 0 Å². The minimum atomic E-state index is 0.654. The molecule has 0 fully saturated rings. The van der Waals surface area contributed by atoms with Crippen LogP contribution in [0.2, 0.25) is 0 Å². The van der Waals surface area contributed by atoms with Gasteiger partial charge in [-0.15, -0.1) is 0 Å². The fraction of sp³-hybridized carbons (Fsp3) is 0.692. The molecule has 0 amide bonds.